The van der Waals surface area contributed by atoms with Gasteiger partial charge in [-0.3, -0.25) is 9.59 Å². The number of carbonyl (C=O) groups is 3. The average Bonchev–Trinajstić information content (AvgIpc) is 2.55. The largest absolute Gasteiger partial charge is 0.481 e. The molecule has 7 nitrogen and oxygen atoms in total. The van der Waals surface area contributed by atoms with Gasteiger partial charge in [0.15, 0.2) is 0 Å². The molecule has 0 saturated carbocycles. The molecule has 0 aromatic heterocycles. The fourth-order valence-corrected chi connectivity index (χ4v) is 2.70. The third-order valence-electron chi connectivity index (χ3n) is 3.99. The Morgan fingerprint density at radius 3 is 2.42 bits per heavy atom. The predicted octanol–water partition coefficient (Wildman–Crippen LogP) is 2.37. The number of aliphatic carboxylic acids is 1. The van der Waals surface area contributed by atoms with Gasteiger partial charge in [0, 0.05) is 32.9 Å². The van der Waals surface area contributed by atoms with Gasteiger partial charge in [-0.25, -0.2) is 4.79 Å². The maximum Gasteiger partial charge on any atom is 0.321 e. The first-order valence-corrected chi connectivity index (χ1v) is 7.97. The summed E-state index contributed by atoms with van der Waals surface area (Å²) in [5.74, 6) is -1.49. The van der Waals surface area contributed by atoms with Gasteiger partial charge in [-0.2, -0.15) is 0 Å². The Balaban J connectivity index is 2.12. The fourth-order valence-electron chi connectivity index (χ4n) is 2.50. The highest BCUT2D eigenvalue weighted by molar-refractivity contribution is 6.34. The molecule has 1 aromatic carbocycles. The minimum atomic E-state index is -0.825. The molecule has 8 heteroatoms. The van der Waals surface area contributed by atoms with Crippen LogP contribution < -0.4 is 5.32 Å². The number of anilines is 1. The van der Waals surface area contributed by atoms with Gasteiger partial charge in [-0.15, -0.1) is 0 Å². The van der Waals surface area contributed by atoms with Crippen molar-refractivity contribution >= 4 is 35.2 Å². The topological polar surface area (TPSA) is 90.0 Å². The molecule has 2 N–H and O–H groups in total. The van der Waals surface area contributed by atoms with E-state index in [1.165, 1.54) is 11.0 Å². The molecule has 1 saturated heterocycles. The Morgan fingerprint density at radius 1 is 1.25 bits per heavy atom. The number of benzene rings is 1. The number of nitrogens with zero attached hydrogens (tertiary/aromatic N) is 2. The van der Waals surface area contributed by atoms with Crippen LogP contribution in [0, 0.1) is 5.92 Å². The Hall–Kier alpha value is -2.28. The Bertz CT molecular complexity index is 655. The van der Waals surface area contributed by atoms with Gasteiger partial charge in [-0.05, 0) is 31.0 Å². The van der Waals surface area contributed by atoms with E-state index in [0.29, 0.717) is 42.2 Å². The SMILES string of the molecule is CN(C)C(=O)Nc1ccc(Cl)c(C(=O)N2CCC(C(=O)O)CC2)c1. The summed E-state index contributed by atoms with van der Waals surface area (Å²) >= 11 is 6.12. The minimum absolute atomic E-state index is 0.259. The van der Waals surface area contributed by atoms with E-state index in [0.717, 1.165) is 0 Å². The fraction of sp³-hybridized carbons (Fsp3) is 0.438. The number of carbonyl (C=O) groups excluding carboxylic acids is 2. The highest BCUT2D eigenvalue weighted by Crippen LogP contribution is 2.25. The van der Waals surface area contributed by atoms with Crippen LogP contribution in [0.15, 0.2) is 18.2 Å². The van der Waals surface area contributed by atoms with E-state index in [9.17, 15) is 14.4 Å². The zero-order valence-corrected chi connectivity index (χ0v) is 14.3. The predicted molar refractivity (Wildman–Crippen MR) is 90.4 cm³/mol. The summed E-state index contributed by atoms with van der Waals surface area (Å²) in [5.41, 5.74) is 0.767. The van der Waals surface area contributed by atoms with Crippen molar-refractivity contribution in [3.63, 3.8) is 0 Å². The molecule has 0 unspecified atom stereocenters. The van der Waals surface area contributed by atoms with Crippen molar-refractivity contribution in [1.29, 1.82) is 0 Å². The van der Waals surface area contributed by atoms with Crippen molar-refractivity contribution in [2.45, 2.75) is 12.8 Å². The molecule has 2 rings (SSSR count). The van der Waals surface area contributed by atoms with E-state index in [4.69, 9.17) is 16.7 Å². The van der Waals surface area contributed by atoms with Crippen LogP contribution in [0.2, 0.25) is 5.02 Å². The highest BCUT2D eigenvalue weighted by atomic mass is 35.5. The van der Waals surface area contributed by atoms with E-state index in [-0.39, 0.29) is 11.9 Å². The number of amides is 3. The number of hydrogen-bond acceptors (Lipinski definition) is 3. The lowest BCUT2D eigenvalue weighted by atomic mass is 9.96. The van der Waals surface area contributed by atoms with Crippen LogP contribution in [-0.4, -0.2) is 60.0 Å². The summed E-state index contributed by atoms with van der Waals surface area (Å²) in [7, 11) is 3.23. The minimum Gasteiger partial charge on any atom is -0.481 e. The lowest BCUT2D eigenvalue weighted by Gasteiger charge is -2.30. The van der Waals surface area contributed by atoms with E-state index in [1.54, 1.807) is 31.1 Å². The zero-order chi connectivity index (χ0) is 17.9. The van der Waals surface area contributed by atoms with Crippen LogP contribution in [0.4, 0.5) is 10.5 Å². The van der Waals surface area contributed by atoms with Gasteiger partial charge < -0.3 is 20.2 Å². The summed E-state index contributed by atoms with van der Waals surface area (Å²) in [4.78, 5) is 38.3. The normalized spacial score (nSPS) is 15.0. The monoisotopic (exact) mass is 353 g/mol. The lowest BCUT2D eigenvalue weighted by molar-refractivity contribution is -0.143. The second kappa shape index (κ2) is 7.53. The number of likely N-dealkylation sites (tertiary alicyclic amines) is 1. The molecular weight excluding hydrogens is 334 g/mol. The summed E-state index contributed by atoms with van der Waals surface area (Å²) in [6, 6.07) is 4.41. The quantitative estimate of drug-likeness (QED) is 0.872. The molecule has 130 valence electrons. The Morgan fingerprint density at radius 2 is 1.88 bits per heavy atom. The summed E-state index contributed by atoms with van der Waals surface area (Å²) in [6.45, 7) is 0.751. The van der Waals surface area contributed by atoms with Gasteiger partial charge >= 0.3 is 12.0 Å². The first-order chi connectivity index (χ1) is 11.3. The summed E-state index contributed by atoms with van der Waals surface area (Å²) in [5, 5.41) is 12.0. The Kier molecular flexibility index (Phi) is 5.66. The van der Waals surface area contributed by atoms with Gasteiger partial charge in [0.25, 0.3) is 5.91 Å². The van der Waals surface area contributed by atoms with E-state index in [1.807, 2.05) is 0 Å². The van der Waals surface area contributed by atoms with Crippen LogP contribution in [0.1, 0.15) is 23.2 Å². The zero-order valence-electron chi connectivity index (χ0n) is 13.6. The van der Waals surface area contributed by atoms with E-state index >= 15 is 0 Å². The Labute approximate surface area is 145 Å². The van der Waals surface area contributed by atoms with Crippen LogP contribution >= 0.6 is 11.6 Å². The molecule has 1 fully saturated rings. The molecule has 0 aliphatic carbocycles. The van der Waals surface area contributed by atoms with Gasteiger partial charge in [0.1, 0.15) is 0 Å². The van der Waals surface area contributed by atoms with Gasteiger partial charge in [0.05, 0.1) is 16.5 Å². The highest BCUT2D eigenvalue weighted by Gasteiger charge is 2.28. The van der Waals surface area contributed by atoms with Crippen molar-refractivity contribution in [3.05, 3.63) is 28.8 Å². The first kappa shape index (κ1) is 18.1. The van der Waals surface area contributed by atoms with Crippen molar-refractivity contribution in [2.75, 3.05) is 32.5 Å². The molecule has 0 bridgehead atoms. The van der Waals surface area contributed by atoms with Crippen LogP contribution in [0.25, 0.3) is 0 Å². The number of nitrogens with one attached hydrogen (secondary N) is 1. The number of halogens is 1. The van der Waals surface area contributed by atoms with Gasteiger partial charge in [-0.1, -0.05) is 11.6 Å². The average molecular weight is 354 g/mol. The van der Waals surface area contributed by atoms with Crippen LogP contribution in [-0.2, 0) is 4.79 Å². The summed E-state index contributed by atoms with van der Waals surface area (Å²) in [6.07, 6.45) is 0.853. The molecule has 24 heavy (non-hydrogen) atoms. The van der Waals surface area contributed by atoms with Crippen molar-refractivity contribution in [2.24, 2.45) is 5.92 Å². The summed E-state index contributed by atoms with van der Waals surface area (Å²) < 4.78 is 0. The van der Waals surface area contributed by atoms with Crippen LogP contribution in [0.3, 0.4) is 0 Å². The number of urea groups is 1. The van der Waals surface area contributed by atoms with Crippen LogP contribution in [0.5, 0.6) is 0 Å². The maximum atomic E-state index is 12.6. The lowest BCUT2D eigenvalue weighted by Crippen LogP contribution is -2.40. The second-order valence-electron chi connectivity index (χ2n) is 5.92. The van der Waals surface area contributed by atoms with Crippen molar-refractivity contribution in [1.82, 2.24) is 9.80 Å². The molecule has 1 aliphatic rings. The third-order valence-corrected chi connectivity index (χ3v) is 4.32. The second-order valence-corrected chi connectivity index (χ2v) is 6.33. The molecular formula is C16H20ClN3O4. The standard InChI is InChI=1S/C16H20ClN3O4/c1-19(2)16(24)18-11-3-4-13(17)12(9-11)14(21)20-7-5-10(6-8-20)15(22)23/h3-4,9-10H,5-8H2,1-2H3,(H,18,24)(H,22,23). The molecule has 0 atom stereocenters. The molecule has 3 amide bonds. The van der Waals surface area contributed by atoms with Gasteiger partial charge in [0.2, 0.25) is 0 Å². The maximum absolute atomic E-state index is 12.6. The number of carboxylic acid groups (broad SMARTS) is 1. The molecule has 0 radical (unpaired) electrons. The van der Waals surface area contributed by atoms with Crippen molar-refractivity contribution < 1.29 is 19.5 Å². The molecule has 1 heterocycles. The first-order valence-electron chi connectivity index (χ1n) is 7.59. The molecule has 0 spiro atoms. The number of rotatable bonds is 3. The molecule has 1 aromatic rings. The number of hydrogen-bond donors (Lipinski definition) is 2. The third kappa shape index (κ3) is 4.17. The number of piperidine rings is 1. The smallest absolute Gasteiger partial charge is 0.321 e. The van der Waals surface area contributed by atoms with E-state index < -0.39 is 11.9 Å². The number of carboxylic acids is 1. The van der Waals surface area contributed by atoms with Crippen molar-refractivity contribution in [3.8, 4) is 0 Å². The molecule has 1 aliphatic heterocycles. The van der Waals surface area contributed by atoms with E-state index in [2.05, 4.69) is 5.32 Å².